The molecular formula is C16H19N3O. The van der Waals surface area contributed by atoms with Gasteiger partial charge in [-0.1, -0.05) is 18.2 Å². The summed E-state index contributed by atoms with van der Waals surface area (Å²) in [5.41, 5.74) is 4.46. The molecule has 1 atom stereocenters. The number of nitrogens with one attached hydrogen (secondary N) is 1. The van der Waals surface area contributed by atoms with Crippen molar-refractivity contribution in [2.45, 2.75) is 32.9 Å². The van der Waals surface area contributed by atoms with Crippen molar-refractivity contribution in [3.63, 3.8) is 0 Å². The van der Waals surface area contributed by atoms with E-state index in [4.69, 9.17) is 4.74 Å². The lowest BCUT2D eigenvalue weighted by Gasteiger charge is -2.14. The van der Waals surface area contributed by atoms with E-state index in [1.165, 1.54) is 11.1 Å². The van der Waals surface area contributed by atoms with Crippen LogP contribution in [0.2, 0.25) is 0 Å². The van der Waals surface area contributed by atoms with Crippen LogP contribution in [0.15, 0.2) is 24.3 Å². The first-order valence-electron chi connectivity index (χ1n) is 6.92. The third kappa shape index (κ3) is 2.27. The summed E-state index contributed by atoms with van der Waals surface area (Å²) in [7, 11) is 1.93. The van der Waals surface area contributed by atoms with Crippen LogP contribution in [0.4, 0.5) is 0 Å². The van der Waals surface area contributed by atoms with Gasteiger partial charge in [-0.3, -0.25) is 0 Å². The maximum atomic E-state index is 5.96. The SMILES string of the molecule is CNCc1c(C)nc(C2Cc3ccccc3O2)nc1C. The van der Waals surface area contributed by atoms with Crippen LogP contribution >= 0.6 is 0 Å². The minimum atomic E-state index is -0.0616. The van der Waals surface area contributed by atoms with Crippen molar-refractivity contribution >= 4 is 0 Å². The highest BCUT2D eigenvalue weighted by molar-refractivity contribution is 5.38. The Hall–Kier alpha value is -1.94. The third-order valence-electron chi connectivity index (χ3n) is 3.73. The van der Waals surface area contributed by atoms with E-state index in [2.05, 4.69) is 21.4 Å². The zero-order chi connectivity index (χ0) is 14.1. The third-order valence-corrected chi connectivity index (χ3v) is 3.73. The largest absolute Gasteiger partial charge is 0.482 e. The lowest BCUT2D eigenvalue weighted by atomic mass is 10.1. The molecule has 0 spiro atoms. The average Bonchev–Trinajstić information content (AvgIpc) is 2.86. The summed E-state index contributed by atoms with van der Waals surface area (Å²) in [5.74, 6) is 1.74. The number of para-hydroxylation sites is 1. The number of aryl methyl sites for hydroxylation is 2. The Morgan fingerprint density at radius 3 is 2.55 bits per heavy atom. The van der Waals surface area contributed by atoms with Gasteiger partial charge in [-0.15, -0.1) is 0 Å². The molecule has 20 heavy (non-hydrogen) atoms. The molecule has 3 rings (SSSR count). The Kier molecular flexibility index (Phi) is 3.40. The van der Waals surface area contributed by atoms with Crippen molar-refractivity contribution < 1.29 is 4.74 Å². The van der Waals surface area contributed by atoms with E-state index in [1.54, 1.807) is 0 Å². The fraction of sp³-hybridized carbons (Fsp3) is 0.375. The predicted octanol–water partition coefficient (Wildman–Crippen LogP) is 2.49. The van der Waals surface area contributed by atoms with E-state index in [9.17, 15) is 0 Å². The zero-order valence-electron chi connectivity index (χ0n) is 12.1. The van der Waals surface area contributed by atoms with Gasteiger partial charge in [-0.2, -0.15) is 0 Å². The lowest BCUT2D eigenvalue weighted by molar-refractivity contribution is 0.227. The normalized spacial score (nSPS) is 16.9. The van der Waals surface area contributed by atoms with E-state index in [0.29, 0.717) is 0 Å². The maximum Gasteiger partial charge on any atom is 0.170 e. The van der Waals surface area contributed by atoms with Crippen molar-refractivity contribution in [3.05, 3.63) is 52.6 Å². The van der Waals surface area contributed by atoms with Gasteiger partial charge in [0.05, 0.1) is 0 Å². The topological polar surface area (TPSA) is 47.0 Å². The molecule has 0 fully saturated rings. The van der Waals surface area contributed by atoms with Crippen LogP contribution in [0, 0.1) is 13.8 Å². The van der Waals surface area contributed by atoms with E-state index < -0.39 is 0 Å². The molecule has 104 valence electrons. The van der Waals surface area contributed by atoms with Gasteiger partial charge in [0.1, 0.15) is 5.75 Å². The van der Waals surface area contributed by atoms with E-state index in [0.717, 1.165) is 35.9 Å². The smallest absolute Gasteiger partial charge is 0.170 e. The lowest BCUT2D eigenvalue weighted by Crippen LogP contribution is -2.15. The number of rotatable bonds is 3. The summed E-state index contributed by atoms with van der Waals surface area (Å²) in [6.45, 7) is 4.86. The monoisotopic (exact) mass is 269 g/mol. The molecule has 0 saturated heterocycles. The molecule has 1 aromatic carbocycles. The minimum absolute atomic E-state index is 0.0616. The number of nitrogens with zero attached hydrogens (tertiary/aromatic N) is 2. The van der Waals surface area contributed by atoms with E-state index in [-0.39, 0.29) is 6.10 Å². The predicted molar refractivity (Wildman–Crippen MR) is 77.8 cm³/mol. The van der Waals surface area contributed by atoms with Crippen LogP contribution in [-0.4, -0.2) is 17.0 Å². The number of benzene rings is 1. The second kappa shape index (κ2) is 5.21. The molecule has 4 heteroatoms. The fourth-order valence-electron chi connectivity index (χ4n) is 2.67. The molecular weight excluding hydrogens is 250 g/mol. The summed E-state index contributed by atoms with van der Waals surface area (Å²) in [5, 5.41) is 3.16. The Balaban J connectivity index is 1.90. The summed E-state index contributed by atoms with van der Waals surface area (Å²) in [6.07, 6.45) is 0.786. The van der Waals surface area contributed by atoms with E-state index in [1.807, 2.05) is 39.1 Å². The highest BCUT2D eigenvalue weighted by Gasteiger charge is 2.27. The standard InChI is InChI=1S/C16H19N3O/c1-10-13(9-17-3)11(2)19-16(18-10)15-8-12-6-4-5-7-14(12)20-15/h4-7,15,17H,8-9H2,1-3H3. The molecule has 0 aliphatic carbocycles. The van der Waals surface area contributed by atoms with Crippen molar-refractivity contribution in [1.29, 1.82) is 0 Å². The maximum absolute atomic E-state index is 5.96. The molecule has 1 aliphatic rings. The number of aromatic nitrogens is 2. The fourth-order valence-corrected chi connectivity index (χ4v) is 2.67. The molecule has 0 saturated carbocycles. The number of hydrogen-bond donors (Lipinski definition) is 1. The van der Waals surface area contributed by atoms with Crippen LogP contribution in [0.3, 0.4) is 0 Å². The molecule has 1 aliphatic heterocycles. The van der Waals surface area contributed by atoms with Crippen LogP contribution in [-0.2, 0) is 13.0 Å². The highest BCUT2D eigenvalue weighted by atomic mass is 16.5. The van der Waals surface area contributed by atoms with E-state index >= 15 is 0 Å². The van der Waals surface area contributed by atoms with Gasteiger partial charge >= 0.3 is 0 Å². The van der Waals surface area contributed by atoms with Crippen molar-refractivity contribution in [3.8, 4) is 5.75 Å². The molecule has 1 N–H and O–H groups in total. The van der Waals surface area contributed by atoms with Gasteiger partial charge in [0.25, 0.3) is 0 Å². The number of hydrogen-bond acceptors (Lipinski definition) is 4. The number of ether oxygens (including phenoxy) is 1. The summed E-state index contributed by atoms with van der Waals surface area (Å²) in [6, 6.07) is 8.14. The summed E-state index contributed by atoms with van der Waals surface area (Å²) in [4.78, 5) is 9.28. The van der Waals surface area contributed by atoms with Crippen molar-refractivity contribution in [2.75, 3.05) is 7.05 Å². The van der Waals surface area contributed by atoms with Gasteiger partial charge in [0, 0.05) is 29.9 Å². The van der Waals surface area contributed by atoms with Crippen LogP contribution < -0.4 is 10.1 Å². The average molecular weight is 269 g/mol. The summed E-state index contributed by atoms with van der Waals surface area (Å²) >= 11 is 0. The van der Waals surface area contributed by atoms with Gasteiger partial charge < -0.3 is 10.1 Å². The first-order valence-corrected chi connectivity index (χ1v) is 6.92. The van der Waals surface area contributed by atoms with Gasteiger partial charge in [-0.05, 0) is 32.5 Å². The molecule has 4 nitrogen and oxygen atoms in total. The van der Waals surface area contributed by atoms with Gasteiger partial charge in [-0.25, -0.2) is 9.97 Å². The second-order valence-corrected chi connectivity index (χ2v) is 5.18. The Morgan fingerprint density at radius 2 is 1.90 bits per heavy atom. The Labute approximate surface area is 119 Å². The Morgan fingerprint density at radius 1 is 1.20 bits per heavy atom. The van der Waals surface area contributed by atoms with Gasteiger partial charge in [0.2, 0.25) is 0 Å². The molecule has 2 heterocycles. The molecule has 1 aromatic heterocycles. The molecule has 0 radical (unpaired) electrons. The first-order chi connectivity index (χ1) is 9.69. The molecule has 1 unspecified atom stereocenters. The van der Waals surface area contributed by atoms with Crippen molar-refractivity contribution in [2.24, 2.45) is 0 Å². The quantitative estimate of drug-likeness (QED) is 0.930. The second-order valence-electron chi connectivity index (χ2n) is 5.18. The van der Waals surface area contributed by atoms with Crippen LogP contribution in [0.1, 0.15) is 34.4 Å². The summed E-state index contributed by atoms with van der Waals surface area (Å²) < 4.78 is 5.96. The molecule has 2 aromatic rings. The van der Waals surface area contributed by atoms with Crippen LogP contribution in [0.25, 0.3) is 0 Å². The number of fused-ring (bicyclic) bond motifs is 1. The first kappa shape index (κ1) is 13.1. The minimum Gasteiger partial charge on any atom is -0.482 e. The van der Waals surface area contributed by atoms with Crippen molar-refractivity contribution in [1.82, 2.24) is 15.3 Å². The van der Waals surface area contributed by atoms with Crippen LogP contribution in [0.5, 0.6) is 5.75 Å². The molecule has 0 bridgehead atoms. The van der Waals surface area contributed by atoms with Gasteiger partial charge in [0.15, 0.2) is 11.9 Å². The highest BCUT2D eigenvalue weighted by Crippen LogP contribution is 2.35. The Bertz CT molecular complexity index is 591. The zero-order valence-corrected chi connectivity index (χ0v) is 12.1. The molecule has 0 amide bonds.